The van der Waals surface area contributed by atoms with Crippen LogP contribution >= 0.6 is 0 Å². The summed E-state index contributed by atoms with van der Waals surface area (Å²) in [4.78, 5) is 53.7. The second-order valence-electron chi connectivity index (χ2n) is 9.06. The van der Waals surface area contributed by atoms with Crippen LogP contribution in [0.4, 0.5) is 0 Å². The minimum Gasteiger partial charge on any atom is -0.480 e. The first-order valence-corrected chi connectivity index (χ1v) is 11.2. The Hall–Kier alpha value is -2.16. The lowest BCUT2D eigenvalue weighted by molar-refractivity contribution is -0.148. The van der Waals surface area contributed by atoms with E-state index in [1.165, 1.54) is 0 Å². The van der Waals surface area contributed by atoms with Gasteiger partial charge in [-0.05, 0) is 57.4 Å². The summed E-state index contributed by atoms with van der Waals surface area (Å²) in [6, 6.07) is -2.38. The van der Waals surface area contributed by atoms with Crippen LogP contribution in [0.15, 0.2) is 0 Å². The van der Waals surface area contributed by atoms with Gasteiger partial charge in [0.15, 0.2) is 0 Å². The molecule has 4 unspecified atom stereocenters. The highest BCUT2D eigenvalue weighted by molar-refractivity contribution is 5.95. The third-order valence-corrected chi connectivity index (χ3v) is 6.34. The van der Waals surface area contributed by atoms with Gasteiger partial charge >= 0.3 is 5.97 Å². The molecule has 0 saturated carbocycles. The quantitative estimate of drug-likeness (QED) is 0.544. The first-order chi connectivity index (χ1) is 14.3. The van der Waals surface area contributed by atoms with Crippen molar-refractivity contribution in [2.45, 2.75) is 83.0 Å². The largest absolute Gasteiger partial charge is 0.480 e. The lowest BCUT2D eigenvalue weighted by Crippen LogP contribution is -2.56. The van der Waals surface area contributed by atoms with E-state index in [0.717, 1.165) is 25.8 Å². The normalized spacial score (nSPS) is 27.5. The number of rotatable bonds is 7. The molecule has 0 aromatic heterocycles. The molecular weight excluding hydrogens is 388 g/mol. The molecule has 3 N–H and O–H groups in total. The van der Waals surface area contributed by atoms with Gasteiger partial charge in [0.05, 0.1) is 6.04 Å². The Kier molecular flexibility index (Phi) is 7.33. The summed E-state index contributed by atoms with van der Waals surface area (Å²) in [6.07, 6.45) is 4.66. The van der Waals surface area contributed by atoms with Crippen LogP contribution in [-0.4, -0.2) is 82.4 Å². The summed E-state index contributed by atoms with van der Waals surface area (Å²) in [7, 11) is 0. The van der Waals surface area contributed by atoms with Crippen molar-refractivity contribution in [3.63, 3.8) is 0 Å². The average Bonchev–Trinajstić information content (AvgIpc) is 3.47. The Morgan fingerprint density at radius 1 is 0.967 bits per heavy atom. The second kappa shape index (κ2) is 9.76. The molecule has 0 spiro atoms. The van der Waals surface area contributed by atoms with E-state index in [1.807, 2.05) is 13.8 Å². The number of carboxylic acids is 1. The van der Waals surface area contributed by atoms with Crippen molar-refractivity contribution in [1.82, 2.24) is 20.4 Å². The fourth-order valence-electron chi connectivity index (χ4n) is 4.84. The third kappa shape index (κ3) is 4.94. The lowest BCUT2D eigenvalue weighted by atomic mass is 10.0. The fourth-order valence-corrected chi connectivity index (χ4v) is 4.84. The van der Waals surface area contributed by atoms with E-state index in [1.54, 1.807) is 9.80 Å². The maximum Gasteiger partial charge on any atom is 0.326 e. The molecule has 4 atom stereocenters. The third-order valence-electron chi connectivity index (χ3n) is 6.34. The van der Waals surface area contributed by atoms with E-state index < -0.39 is 30.0 Å². The Morgan fingerprint density at radius 3 is 2.17 bits per heavy atom. The van der Waals surface area contributed by atoms with Gasteiger partial charge in [0.1, 0.15) is 18.1 Å². The molecule has 0 aromatic rings. The van der Waals surface area contributed by atoms with Crippen LogP contribution in [-0.2, 0) is 19.2 Å². The summed E-state index contributed by atoms with van der Waals surface area (Å²) in [6.45, 7) is 5.64. The first-order valence-electron chi connectivity index (χ1n) is 11.2. The number of hydrogen-bond donors (Lipinski definition) is 3. The number of nitrogens with one attached hydrogen (secondary N) is 2. The number of aliphatic carboxylic acids is 1. The zero-order chi connectivity index (χ0) is 21.8. The molecule has 0 aliphatic carbocycles. The molecule has 3 aliphatic heterocycles. The molecule has 0 aromatic carbocycles. The van der Waals surface area contributed by atoms with E-state index in [0.29, 0.717) is 38.8 Å². The SMILES string of the molecule is CC(C)CC(NC(=O)C1CCCN1C(=O)C1CCCN1C(=O)C1CCCN1)C(=O)O. The van der Waals surface area contributed by atoms with Gasteiger partial charge in [0.2, 0.25) is 17.7 Å². The number of hydrogen-bond acceptors (Lipinski definition) is 5. The highest BCUT2D eigenvalue weighted by Crippen LogP contribution is 2.26. The molecule has 9 heteroatoms. The van der Waals surface area contributed by atoms with Crippen LogP contribution in [0.2, 0.25) is 0 Å². The van der Waals surface area contributed by atoms with Gasteiger partial charge in [-0.25, -0.2) is 4.79 Å². The zero-order valence-corrected chi connectivity index (χ0v) is 17.9. The van der Waals surface area contributed by atoms with E-state index in [4.69, 9.17) is 0 Å². The van der Waals surface area contributed by atoms with Crippen molar-refractivity contribution in [2.24, 2.45) is 5.92 Å². The number of carboxylic acid groups (broad SMARTS) is 1. The van der Waals surface area contributed by atoms with Crippen LogP contribution in [0.3, 0.4) is 0 Å². The number of likely N-dealkylation sites (tertiary alicyclic amines) is 2. The maximum absolute atomic E-state index is 13.3. The van der Waals surface area contributed by atoms with Gasteiger partial charge in [0, 0.05) is 13.1 Å². The van der Waals surface area contributed by atoms with Crippen LogP contribution in [0.5, 0.6) is 0 Å². The molecule has 3 fully saturated rings. The molecule has 3 aliphatic rings. The molecule has 9 nitrogen and oxygen atoms in total. The van der Waals surface area contributed by atoms with Crippen molar-refractivity contribution in [1.29, 1.82) is 0 Å². The molecule has 0 bridgehead atoms. The highest BCUT2D eigenvalue weighted by atomic mass is 16.4. The van der Waals surface area contributed by atoms with Crippen LogP contribution in [0.1, 0.15) is 58.8 Å². The van der Waals surface area contributed by atoms with Gasteiger partial charge in [-0.3, -0.25) is 14.4 Å². The predicted octanol–water partition coefficient (Wildman–Crippen LogP) is 0.336. The Labute approximate surface area is 177 Å². The Balaban J connectivity index is 1.66. The minimum atomic E-state index is -1.07. The smallest absolute Gasteiger partial charge is 0.326 e. The summed E-state index contributed by atoms with van der Waals surface area (Å²) >= 11 is 0. The monoisotopic (exact) mass is 422 g/mol. The number of amides is 3. The molecule has 3 heterocycles. The number of carbonyl (C=O) groups excluding carboxylic acids is 3. The lowest BCUT2D eigenvalue weighted by Gasteiger charge is -2.32. The van der Waals surface area contributed by atoms with E-state index in [9.17, 15) is 24.3 Å². The first kappa shape index (κ1) is 22.5. The number of nitrogens with zero attached hydrogens (tertiary/aromatic N) is 2. The van der Waals surface area contributed by atoms with Crippen molar-refractivity contribution in [3.05, 3.63) is 0 Å². The summed E-state index contributed by atoms with van der Waals surface area (Å²) in [5, 5.41) is 15.2. The van der Waals surface area contributed by atoms with Crippen molar-refractivity contribution in [3.8, 4) is 0 Å². The van der Waals surface area contributed by atoms with Gasteiger partial charge in [-0.15, -0.1) is 0 Å². The standard InChI is InChI=1S/C21H34N4O5/c1-13(2)12-15(21(29)30)23-18(26)16-7-4-10-24(16)20(28)17-8-5-11-25(17)19(27)14-6-3-9-22-14/h13-17,22H,3-12H2,1-2H3,(H,23,26)(H,29,30). The molecule has 3 rings (SSSR count). The average molecular weight is 423 g/mol. The fraction of sp³-hybridized carbons (Fsp3) is 0.810. The topological polar surface area (TPSA) is 119 Å². The molecular formula is C21H34N4O5. The molecule has 0 radical (unpaired) electrons. The predicted molar refractivity (Wildman–Crippen MR) is 110 cm³/mol. The molecule has 168 valence electrons. The van der Waals surface area contributed by atoms with Crippen LogP contribution in [0, 0.1) is 5.92 Å². The summed E-state index contributed by atoms with van der Waals surface area (Å²) in [5.74, 6) is -1.57. The molecule has 3 amide bonds. The molecule has 30 heavy (non-hydrogen) atoms. The Morgan fingerprint density at radius 2 is 1.60 bits per heavy atom. The number of carbonyl (C=O) groups is 4. The molecule has 3 saturated heterocycles. The van der Waals surface area contributed by atoms with Gasteiger partial charge in [0.25, 0.3) is 0 Å². The van der Waals surface area contributed by atoms with Crippen LogP contribution in [0.25, 0.3) is 0 Å². The second-order valence-corrected chi connectivity index (χ2v) is 9.06. The minimum absolute atomic E-state index is 0.0218. The van der Waals surface area contributed by atoms with E-state index >= 15 is 0 Å². The summed E-state index contributed by atoms with van der Waals surface area (Å²) in [5.41, 5.74) is 0. The van der Waals surface area contributed by atoms with E-state index in [2.05, 4.69) is 10.6 Å². The van der Waals surface area contributed by atoms with Crippen molar-refractivity contribution < 1.29 is 24.3 Å². The van der Waals surface area contributed by atoms with Crippen LogP contribution < -0.4 is 10.6 Å². The maximum atomic E-state index is 13.3. The zero-order valence-electron chi connectivity index (χ0n) is 17.9. The van der Waals surface area contributed by atoms with Crippen molar-refractivity contribution in [2.75, 3.05) is 19.6 Å². The summed E-state index contributed by atoms with van der Waals surface area (Å²) < 4.78 is 0. The van der Waals surface area contributed by atoms with Gasteiger partial charge in [-0.2, -0.15) is 0 Å². The Bertz CT molecular complexity index is 676. The van der Waals surface area contributed by atoms with E-state index in [-0.39, 0.29) is 23.8 Å². The highest BCUT2D eigenvalue weighted by Gasteiger charge is 2.44. The van der Waals surface area contributed by atoms with Crippen molar-refractivity contribution >= 4 is 23.7 Å². The van der Waals surface area contributed by atoms with Gasteiger partial charge in [-0.1, -0.05) is 13.8 Å². The van der Waals surface area contributed by atoms with Gasteiger partial charge < -0.3 is 25.5 Å².